The van der Waals surface area contributed by atoms with Gasteiger partial charge in [-0.1, -0.05) is 6.07 Å². The lowest BCUT2D eigenvalue weighted by molar-refractivity contribution is 0.600. The first-order valence-corrected chi connectivity index (χ1v) is 8.00. The third-order valence-corrected chi connectivity index (χ3v) is 4.39. The summed E-state index contributed by atoms with van der Waals surface area (Å²) in [5, 5.41) is 4.83. The number of hydrogen-bond donors (Lipinski definition) is 1. The van der Waals surface area contributed by atoms with E-state index in [0.717, 1.165) is 17.2 Å². The van der Waals surface area contributed by atoms with Gasteiger partial charge in [0.2, 0.25) is 0 Å². The Balaban J connectivity index is 2.22. The fourth-order valence-corrected chi connectivity index (χ4v) is 2.76. The quantitative estimate of drug-likeness (QED) is 0.879. The summed E-state index contributed by atoms with van der Waals surface area (Å²) in [4.78, 5) is 1.16. The van der Waals surface area contributed by atoms with Gasteiger partial charge in [0, 0.05) is 17.7 Å². The molecule has 0 bridgehead atoms. The second-order valence-corrected chi connectivity index (χ2v) is 6.89. The van der Waals surface area contributed by atoms with E-state index in [2.05, 4.69) is 5.32 Å². The van der Waals surface area contributed by atoms with Crippen molar-refractivity contribution in [2.45, 2.75) is 11.4 Å². The van der Waals surface area contributed by atoms with Crippen LogP contribution < -0.4 is 5.32 Å². The van der Waals surface area contributed by atoms with Crippen LogP contribution in [-0.4, -0.2) is 14.7 Å². The standard InChI is InChI=1S/C12H12FNO2S2/c1-18(15,16)10-4-5-11(13)12(7-10)14-8-9-3-2-6-17-9/h2-7,14H,8H2,1H3. The molecule has 1 aromatic heterocycles. The van der Waals surface area contributed by atoms with Gasteiger partial charge in [-0.2, -0.15) is 0 Å². The first-order chi connectivity index (χ1) is 8.47. The molecule has 0 radical (unpaired) electrons. The molecule has 2 aromatic rings. The average Bonchev–Trinajstić information content (AvgIpc) is 2.79. The summed E-state index contributed by atoms with van der Waals surface area (Å²) in [6.45, 7) is 0.474. The average molecular weight is 285 g/mol. The predicted octanol–water partition coefficient (Wildman–Crippen LogP) is 2.90. The van der Waals surface area contributed by atoms with Gasteiger partial charge in [0.25, 0.3) is 0 Å². The normalized spacial score (nSPS) is 11.4. The van der Waals surface area contributed by atoms with E-state index in [9.17, 15) is 12.8 Å². The fourth-order valence-electron chi connectivity index (χ4n) is 1.47. The highest BCUT2D eigenvalue weighted by atomic mass is 32.2. The van der Waals surface area contributed by atoms with E-state index in [1.54, 1.807) is 11.3 Å². The molecule has 96 valence electrons. The molecule has 0 saturated heterocycles. The summed E-state index contributed by atoms with van der Waals surface area (Å²) in [5.74, 6) is -0.459. The van der Waals surface area contributed by atoms with Crippen LogP contribution in [0, 0.1) is 5.82 Å². The Hall–Kier alpha value is -1.40. The van der Waals surface area contributed by atoms with Crippen molar-refractivity contribution in [3.05, 3.63) is 46.4 Å². The minimum Gasteiger partial charge on any atom is -0.378 e. The minimum atomic E-state index is -3.32. The number of benzene rings is 1. The first kappa shape index (κ1) is 13.0. The third-order valence-electron chi connectivity index (χ3n) is 2.40. The molecule has 3 nitrogen and oxygen atoms in total. The lowest BCUT2D eigenvalue weighted by Crippen LogP contribution is -2.03. The zero-order chi connectivity index (χ0) is 13.2. The minimum absolute atomic E-state index is 0.109. The number of thiophene rings is 1. The van der Waals surface area contributed by atoms with Crippen molar-refractivity contribution in [1.82, 2.24) is 0 Å². The van der Waals surface area contributed by atoms with Gasteiger partial charge in [0.15, 0.2) is 9.84 Å². The van der Waals surface area contributed by atoms with Crippen molar-refractivity contribution < 1.29 is 12.8 Å². The van der Waals surface area contributed by atoms with Crippen molar-refractivity contribution in [2.75, 3.05) is 11.6 Å². The number of hydrogen-bond acceptors (Lipinski definition) is 4. The fraction of sp³-hybridized carbons (Fsp3) is 0.167. The Kier molecular flexibility index (Phi) is 3.68. The highest BCUT2D eigenvalue weighted by Crippen LogP contribution is 2.21. The summed E-state index contributed by atoms with van der Waals surface area (Å²) in [6, 6.07) is 7.58. The molecule has 1 heterocycles. The molecule has 0 amide bonds. The van der Waals surface area contributed by atoms with Crippen LogP contribution in [-0.2, 0) is 16.4 Å². The van der Waals surface area contributed by atoms with Gasteiger partial charge < -0.3 is 5.32 Å². The maximum Gasteiger partial charge on any atom is 0.175 e. The molecule has 0 aliphatic heterocycles. The number of sulfone groups is 1. The van der Waals surface area contributed by atoms with Crippen LogP contribution in [0.3, 0.4) is 0 Å². The van der Waals surface area contributed by atoms with E-state index in [4.69, 9.17) is 0 Å². The molecule has 0 aliphatic carbocycles. The molecule has 18 heavy (non-hydrogen) atoms. The summed E-state index contributed by atoms with van der Waals surface area (Å²) in [5.41, 5.74) is 0.200. The molecule has 0 fully saturated rings. The topological polar surface area (TPSA) is 46.2 Å². The first-order valence-electron chi connectivity index (χ1n) is 5.22. The van der Waals surface area contributed by atoms with E-state index >= 15 is 0 Å². The lowest BCUT2D eigenvalue weighted by atomic mass is 10.3. The summed E-state index contributed by atoms with van der Waals surface area (Å²) in [6.07, 6.45) is 1.10. The molecule has 0 unspecified atom stereocenters. The lowest BCUT2D eigenvalue weighted by Gasteiger charge is -2.08. The summed E-state index contributed by atoms with van der Waals surface area (Å²) >= 11 is 1.55. The molecule has 1 N–H and O–H groups in total. The van der Waals surface area contributed by atoms with Crippen molar-refractivity contribution in [3.63, 3.8) is 0 Å². The molecule has 2 rings (SSSR count). The Morgan fingerprint density at radius 1 is 1.33 bits per heavy atom. The van der Waals surface area contributed by atoms with E-state index in [-0.39, 0.29) is 10.6 Å². The van der Waals surface area contributed by atoms with Gasteiger partial charge in [-0.05, 0) is 29.6 Å². The van der Waals surface area contributed by atoms with Crippen LogP contribution in [0.5, 0.6) is 0 Å². The molecule has 0 aliphatic rings. The van der Waals surface area contributed by atoms with E-state index in [1.807, 2.05) is 17.5 Å². The molecular weight excluding hydrogens is 273 g/mol. The Morgan fingerprint density at radius 2 is 2.11 bits per heavy atom. The van der Waals surface area contributed by atoms with E-state index in [1.165, 1.54) is 12.1 Å². The van der Waals surface area contributed by atoms with Gasteiger partial charge in [-0.25, -0.2) is 12.8 Å². The monoisotopic (exact) mass is 285 g/mol. The second kappa shape index (κ2) is 5.07. The number of halogens is 1. The van der Waals surface area contributed by atoms with Crippen LogP contribution in [0.4, 0.5) is 10.1 Å². The molecule has 0 atom stereocenters. The molecule has 6 heteroatoms. The zero-order valence-corrected chi connectivity index (χ0v) is 11.3. The highest BCUT2D eigenvalue weighted by Gasteiger charge is 2.10. The van der Waals surface area contributed by atoms with Crippen LogP contribution in [0.2, 0.25) is 0 Å². The van der Waals surface area contributed by atoms with Crippen LogP contribution >= 0.6 is 11.3 Å². The smallest absolute Gasteiger partial charge is 0.175 e. The SMILES string of the molecule is CS(=O)(=O)c1ccc(F)c(NCc2cccs2)c1. The van der Waals surface area contributed by atoms with Gasteiger partial charge in [0.05, 0.1) is 10.6 Å². The van der Waals surface area contributed by atoms with Crippen LogP contribution in [0.15, 0.2) is 40.6 Å². The maximum absolute atomic E-state index is 13.5. The second-order valence-electron chi connectivity index (χ2n) is 3.85. The molecule has 0 saturated carbocycles. The molecule has 0 spiro atoms. The largest absolute Gasteiger partial charge is 0.378 e. The van der Waals surface area contributed by atoms with E-state index < -0.39 is 15.7 Å². The van der Waals surface area contributed by atoms with Crippen molar-refractivity contribution in [3.8, 4) is 0 Å². The third kappa shape index (κ3) is 3.08. The van der Waals surface area contributed by atoms with Crippen molar-refractivity contribution in [1.29, 1.82) is 0 Å². The highest BCUT2D eigenvalue weighted by molar-refractivity contribution is 7.90. The van der Waals surface area contributed by atoms with Gasteiger partial charge in [-0.3, -0.25) is 0 Å². The summed E-state index contributed by atoms with van der Waals surface area (Å²) in [7, 11) is -3.32. The zero-order valence-electron chi connectivity index (χ0n) is 9.68. The summed E-state index contributed by atoms with van der Waals surface area (Å²) < 4.78 is 36.3. The Morgan fingerprint density at radius 3 is 2.72 bits per heavy atom. The number of anilines is 1. The maximum atomic E-state index is 13.5. The van der Waals surface area contributed by atoms with Gasteiger partial charge in [0.1, 0.15) is 5.82 Å². The number of rotatable bonds is 4. The van der Waals surface area contributed by atoms with E-state index in [0.29, 0.717) is 6.54 Å². The number of nitrogens with one attached hydrogen (secondary N) is 1. The Bertz CT molecular complexity index is 636. The van der Waals surface area contributed by atoms with Gasteiger partial charge in [-0.15, -0.1) is 11.3 Å². The van der Waals surface area contributed by atoms with Crippen LogP contribution in [0.25, 0.3) is 0 Å². The Labute approximate surface area is 109 Å². The van der Waals surface area contributed by atoms with Crippen molar-refractivity contribution in [2.24, 2.45) is 0 Å². The molecule has 1 aromatic carbocycles. The van der Waals surface area contributed by atoms with Crippen LogP contribution in [0.1, 0.15) is 4.88 Å². The van der Waals surface area contributed by atoms with Crippen molar-refractivity contribution >= 4 is 26.9 Å². The molecular formula is C12H12FNO2S2. The predicted molar refractivity (Wildman–Crippen MR) is 71.2 cm³/mol. The van der Waals surface area contributed by atoms with Gasteiger partial charge >= 0.3 is 0 Å².